The first-order valence-electron chi connectivity index (χ1n) is 3.64. The number of anilines is 2. The number of halogens is 1. The van der Waals surface area contributed by atoms with Gasteiger partial charge < -0.3 is 16.2 Å². The average Bonchev–Trinajstić information content (AvgIpc) is 2.07. The number of aliphatic hydroxyl groups is 1. The Bertz CT molecular complexity index is 265. The van der Waals surface area contributed by atoms with Crippen molar-refractivity contribution in [3.05, 3.63) is 23.2 Å². The Hall–Kier alpha value is -0.930. The lowest BCUT2D eigenvalue weighted by atomic mass is 10.2. The minimum absolute atomic E-state index is 0.0754. The van der Waals surface area contributed by atoms with Gasteiger partial charge in [-0.15, -0.1) is 0 Å². The van der Waals surface area contributed by atoms with Gasteiger partial charge in [0.25, 0.3) is 0 Å². The fourth-order valence-corrected chi connectivity index (χ4v) is 1.04. The first kappa shape index (κ1) is 9.16. The lowest BCUT2D eigenvalue weighted by molar-refractivity contribution is 0.311. The Labute approximate surface area is 76.1 Å². The number of nitrogen functional groups attached to an aromatic ring is 1. The second-order valence-corrected chi connectivity index (χ2v) is 2.82. The second-order valence-electron chi connectivity index (χ2n) is 2.38. The maximum Gasteiger partial charge on any atom is 0.0604 e. The molecule has 0 aliphatic rings. The molecule has 0 saturated heterocycles. The Morgan fingerprint density at radius 2 is 2.25 bits per heavy atom. The molecule has 0 spiro atoms. The smallest absolute Gasteiger partial charge is 0.0604 e. The van der Waals surface area contributed by atoms with Gasteiger partial charge >= 0.3 is 0 Å². The molecule has 0 aromatic heterocycles. The molecule has 0 saturated carbocycles. The molecular formula is C8H11ClN2O. The predicted molar refractivity (Wildman–Crippen MR) is 51.4 cm³/mol. The molecule has 0 atom stereocenters. The largest absolute Gasteiger partial charge is 0.397 e. The van der Waals surface area contributed by atoms with Crippen LogP contribution in [-0.4, -0.2) is 18.3 Å². The van der Waals surface area contributed by atoms with E-state index in [0.717, 1.165) is 5.69 Å². The zero-order chi connectivity index (χ0) is 8.97. The van der Waals surface area contributed by atoms with Crippen molar-refractivity contribution in [2.24, 2.45) is 0 Å². The highest BCUT2D eigenvalue weighted by molar-refractivity contribution is 6.31. The fraction of sp³-hybridized carbons (Fsp3) is 0.250. The maximum absolute atomic E-state index is 8.55. The third kappa shape index (κ3) is 2.29. The van der Waals surface area contributed by atoms with Gasteiger partial charge in [0.1, 0.15) is 0 Å². The van der Waals surface area contributed by atoms with Crippen LogP contribution in [0.1, 0.15) is 0 Å². The number of aliphatic hydroxyl groups excluding tert-OH is 1. The number of rotatable bonds is 3. The molecule has 66 valence electrons. The van der Waals surface area contributed by atoms with Crippen LogP contribution in [0.4, 0.5) is 11.4 Å². The molecule has 0 bridgehead atoms. The monoisotopic (exact) mass is 186 g/mol. The van der Waals surface area contributed by atoms with E-state index in [1.54, 1.807) is 18.2 Å². The van der Waals surface area contributed by atoms with Crippen LogP contribution in [0.25, 0.3) is 0 Å². The molecule has 0 unspecified atom stereocenters. The van der Waals surface area contributed by atoms with Gasteiger partial charge in [0.05, 0.1) is 18.0 Å². The summed E-state index contributed by atoms with van der Waals surface area (Å²) in [7, 11) is 0. The molecule has 0 aliphatic carbocycles. The normalized spacial score (nSPS) is 9.83. The predicted octanol–water partition coefficient (Wildman–Crippen LogP) is 1.33. The van der Waals surface area contributed by atoms with Gasteiger partial charge in [-0.05, 0) is 18.2 Å². The fourth-order valence-electron chi connectivity index (χ4n) is 0.872. The van der Waals surface area contributed by atoms with Crippen LogP contribution in [0.5, 0.6) is 0 Å². The quantitative estimate of drug-likeness (QED) is 0.625. The number of hydrogen-bond donors (Lipinski definition) is 3. The highest BCUT2D eigenvalue weighted by Gasteiger charge is 1.97. The van der Waals surface area contributed by atoms with Crippen LogP contribution < -0.4 is 11.1 Å². The van der Waals surface area contributed by atoms with Crippen LogP contribution in [0.15, 0.2) is 18.2 Å². The van der Waals surface area contributed by atoms with Gasteiger partial charge in [0.15, 0.2) is 0 Å². The summed E-state index contributed by atoms with van der Waals surface area (Å²) < 4.78 is 0. The highest BCUT2D eigenvalue weighted by Crippen LogP contribution is 2.22. The van der Waals surface area contributed by atoms with Crippen molar-refractivity contribution < 1.29 is 5.11 Å². The maximum atomic E-state index is 8.55. The Balaban J connectivity index is 2.75. The van der Waals surface area contributed by atoms with Gasteiger partial charge in [-0.2, -0.15) is 0 Å². The molecule has 3 nitrogen and oxygen atoms in total. The van der Waals surface area contributed by atoms with Gasteiger partial charge in [-0.1, -0.05) is 11.6 Å². The van der Waals surface area contributed by atoms with E-state index in [-0.39, 0.29) is 6.61 Å². The summed E-state index contributed by atoms with van der Waals surface area (Å²) in [6.07, 6.45) is 0. The van der Waals surface area contributed by atoms with E-state index in [4.69, 9.17) is 22.4 Å². The molecule has 0 amide bonds. The molecule has 1 aromatic carbocycles. The van der Waals surface area contributed by atoms with E-state index in [9.17, 15) is 0 Å². The third-order valence-corrected chi connectivity index (χ3v) is 1.68. The van der Waals surface area contributed by atoms with Gasteiger partial charge in [-0.25, -0.2) is 0 Å². The summed E-state index contributed by atoms with van der Waals surface area (Å²) in [5.74, 6) is 0. The molecule has 12 heavy (non-hydrogen) atoms. The molecule has 0 aliphatic heterocycles. The molecule has 0 heterocycles. The minimum Gasteiger partial charge on any atom is -0.397 e. The van der Waals surface area contributed by atoms with Crippen molar-refractivity contribution in [2.45, 2.75) is 0 Å². The Morgan fingerprint density at radius 1 is 1.50 bits per heavy atom. The van der Waals surface area contributed by atoms with Crippen molar-refractivity contribution >= 4 is 23.0 Å². The molecule has 1 aromatic rings. The van der Waals surface area contributed by atoms with Crippen LogP contribution in [0.2, 0.25) is 5.02 Å². The molecule has 0 radical (unpaired) electrons. The van der Waals surface area contributed by atoms with Crippen molar-refractivity contribution in [2.75, 3.05) is 24.2 Å². The lowest BCUT2D eigenvalue weighted by Gasteiger charge is -2.07. The van der Waals surface area contributed by atoms with Crippen molar-refractivity contribution in [3.8, 4) is 0 Å². The van der Waals surface area contributed by atoms with E-state index in [1.165, 1.54) is 0 Å². The van der Waals surface area contributed by atoms with Crippen LogP contribution in [-0.2, 0) is 0 Å². The molecule has 4 heteroatoms. The van der Waals surface area contributed by atoms with E-state index in [2.05, 4.69) is 5.32 Å². The number of nitrogens with two attached hydrogens (primary N) is 1. The Morgan fingerprint density at radius 3 is 2.92 bits per heavy atom. The van der Waals surface area contributed by atoms with Crippen molar-refractivity contribution in [3.63, 3.8) is 0 Å². The summed E-state index contributed by atoms with van der Waals surface area (Å²) in [5.41, 5.74) is 7.02. The minimum atomic E-state index is 0.0754. The van der Waals surface area contributed by atoms with E-state index in [1.807, 2.05) is 0 Å². The van der Waals surface area contributed by atoms with Gasteiger partial charge in [-0.3, -0.25) is 0 Å². The zero-order valence-corrected chi connectivity index (χ0v) is 7.30. The Kier molecular flexibility index (Phi) is 3.19. The van der Waals surface area contributed by atoms with E-state index in [0.29, 0.717) is 17.3 Å². The summed E-state index contributed by atoms with van der Waals surface area (Å²) in [5, 5.41) is 12.1. The summed E-state index contributed by atoms with van der Waals surface area (Å²) in [6.45, 7) is 0.552. The highest BCUT2D eigenvalue weighted by atomic mass is 35.5. The topological polar surface area (TPSA) is 58.3 Å². The van der Waals surface area contributed by atoms with Crippen LogP contribution in [0, 0.1) is 0 Å². The molecule has 1 rings (SSSR count). The average molecular weight is 187 g/mol. The molecule has 0 fully saturated rings. The van der Waals surface area contributed by atoms with E-state index < -0.39 is 0 Å². The first-order valence-corrected chi connectivity index (χ1v) is 4.01. The van der Waals surface area contributed by atoms with Crippen LogP contribution >= 0.6 is 11.6 Å². The first-order chi connectivity index (χ1) is 5.74. The number of benzene rings is 1. The third-order valence-electron chi connectivity index (χ3n) is 1.44. The summed E-state index contributed by atoms with van der Waals surface area (Å²) >= 11 is 5.74. The van der Waals surface area contributed by atoms with Crippen LogP contribution in [0.3, 0.4) is 0 Å². The molecule has 4 N–H and O–H groups in total. The SMILES string of the molecule is Nc1ccc(Cl)cc1NCCO. The standard InChI is InChI=1S/C8H11ClN2O/c9-6-1-2-7(10)8(5-6)11-3-4-12/h1-2,5,11-12H,3-4,10H2. The van der Waals surface area contributed by atoms with Crippen molar-refractivity contribution in [1.82, 2.24) is 0 Å². The molecular weight excluding hydrogens is 176 g/mol. The lowest BCUT2D eigenvalue weighted by Crippen LogP contribution is -2.07. The van der Waals surface area contributed by atoms with Gasteiger partial charge in [0.2, 0.25) is 0 Å². The number of hydrogen-bond acceptors (Lipinski definition) is 3. The zero-order valence-electron chi connectivity index (χ0n) is 6.55. The second kappa shape index (κ2) is 4.18. The number of nitrogens with one attached hydrogen (secondary N) is 1. The van der Waals surface area contributed by atoms with Gasteiger partial charge in [0, 0.05) is 11.6 Å². The van der Waals surface area contributed by atoms with E-state index >= 15 is 0 Å². The summed E-state index contributed by atoms with van der Waals surface area (Å²) in [6, 6.07) is 5.18. The summed E-state index contributed by atoms with van der Waals surface area (Å²) in [4.78, 5) is 0. The van der Waals surface area contributed by atoms with Crippen molar-refractivity contribution in [1.29, 1.82) is 0 Å².